The summed E-state index contributed by atoms with van der Waals surface area (Å²) in [6.07, 6.45) is 2.34. The fraction of sp³-hybridized carbons (Fsp3) is 0.409. The Labute approximate surface area is 155 Å². The van der Waals surface area contributed by atoms with Crippen molar-refractivity contribution < 1.29 is 14.3 Å². The zero-order valence-electron chi connectivity index (χ0n) is 15.7. The van der Waals surface area contributed by atoms with Crippen LogP contribution < -0.4 is 10.1 Å². The van der Waals surface area contributed by atoms with Crippen LogP contribution in [-0.2, 0) is 4.74 Å². The van der Waals surface area contributed by atoms with Gasteiger partial charge in [-0.3, -0.25) is 4.79 Å². The molecule has 1 aliphatic rings. The average Bonchev–Trinajstić information content (AvgIpc) is 3.15. The predicted octanol–water partition coefficient (Wildman–Crippen LogP) is 4.93. The molecule has 0 spiro atoms. The highest BCUT2D eigenvalue weighted by Crippen LogP contribution is 2.28. The lowest BCUT2D eigenvalue weighted by Crippen LogP contribution is -2.16. The number of para-hydroxylation sites is 1. The molecule has 1 amide bonds. The van der Waals surface area contributed by atoms with Gasteiger partial charge in [0.05, 0.1) is 6.10 Å². The highest BCUT2D eigenvalue weighted by molar-refractivity contribution is 6.05. The van der Waals surface area contributed by atoms with E-state index in [0.29, 0.717) is 18.1 Å². The summed E-state index contributed by atoms with van der Waals surface area (Å²) >= 11 is 0. The minimum atomic E-state index is -0.105. The van der Waals surface area contributed by atoms with Gasteiger partial charge in [0.1, 0.15) is 12.4 Å². The summed E-state index contributed by atoms with van der Waals surface area (Å²) in [5, 5.41) is 3.07. The Bertz CT molecular complexity index is 746. The molecule has 138 valence electrons. The number of amides is 1. The maximum atomic E-state index is 12.6. The average molecular weight is 353 g/mol. The van der Waals surface area contributed by atoms with Gasteiger partial charge in [-0.1, -0.05) is 32.0 Å². The third-order valence-electron chi connectivity index (χ3n) is 4.74. The predicted molar refractivity (Wildman–Crippen MR) is 104 cm³/mol. The number of carbonyl (C=O) groups excluding carboxylic acids is 1. The summed E-state index contributed by atoms with van der Waals surface area (Å²) in [4.78, 5) is 12.6. The van der Waals surface area contributed by atoms with Crippen LogP contribution in [-0.4, -0.2) is 25.2 Å². The fourth-order valence-electron chi connectivity index (χ4n) is 3.20. The first kappa shape index (κ1) is 18.5. The van der Waals surface area contributed by atoms with Gasteiger partial charge in [0, 0.05) is 17.9 Å². The summed E-state index contributed by atoms with van der Waals surface area (Å²) in [6.45, 7) is 7.66. The van der Waals surface area contributed by atoms with Crippen LogP contribution in [0.4, 0.5) is 5.69 Å². The Morgan fingerprint density at radius 2 is 2.00 bits per heavy atom. The van der Waals surface area contributed by atoms with E-state index >= 15 is 0 Å². The summed E-state index contributed by atoms with van der Waals surface area (Å²) in [5.74, 6) is 1.00. The minimum Gasteiger partial charge on any atom is -0.491 e. The Morgan fingerprint density at radius 3 is 2.65 bits per heavy atom. The Kier molecular flexibility index (Phi) is 5.94. The molecule has 1 heterocycles. The standard InChI is InChI=1S/C22H27NO3/c1-15(2)20-8-4-6-16(3)21(20)23-22(24)17-9-11-18(12-10-17)26-14-19-7-5-13-25-19/h4,6,8-12,15,19H,5,7,13-14H2,1-3H3,(H,23,24)/t19-/m0/s1. The molecule has 0 bridgehead atoms. The molecule has 1 aliphatic heterocycles. The van der Waals surface area contributed by atoms with E-state index in [4.69, 9.17) is 9.47 Å². The molecule has 1 fully saturated rings. The second-order valence-corrected chi connectivity index (χ2v) is 7.12. The van der Waals surface area contributed by atoms with E-state index in [1.165, 1.54) is 0 Å². The van der Waals surface area contributed by atoms with Gasteiger partial charge in [0.2, 0.25) is 0 Å². The lowest BCUT2D eigenvalue weighted by Gasteiger charge is -2.16. The summed E-state index contributed by atoms with van der Waals surface area (Å²) in [5.41, 5.74) is 3.74. The van der Waals surface area contributed by atoms with Crippen molar-refractivity contribution in [1.82, 2.24) is 0 Å². The van der Waals surface area contributed by atoms with Crippen molar-refractivity contribution in [2.24, 2.45) is 0 Å². The SMILES string of the molecule is Cc1cccc(C(C)C)c1NC(=O)c1ccc(OC[C@@H]2CCCO2)cc1. The largest absolute Gasteiger partial charge is 0.491 e. The van der Waals surface area contributed by atoms with Gasteiger partial charge in [-0.25, -0.2) is 0 Å². The van der Waals surface area contributed by atoms with Crippen LogP contribution in [0.1, 0.15) is 54.1 Å². The molecule has 0 radical (unpaired) electrons. The first-order chi connectivity index (χ1) is 12.5. The molecule has 1 atom stereocenters. The molecule has 0 aromatic heterocycles. The molecular formula is C22H27NO3. The summed E-state index contributed by atoms with van der Waals surface area (Å²) in [7, 11) is 0. The number of anilines is 1. The summed E-state index contributed by atoms with van der Waals surface area (Å²) in [6, 6.07) is 13.4. The van der Waals surface area contributed by atoms with Gasteiger partial charge < -0.3 is 14.8 Å². The highest BCUT2D eigenvalue weighted by Gasteiger charge is 2.16. The lowest BCUT2D eigenvalue weighted by atomic mass is 9.98. The number of benzene rings is 2. The van der Waals surface area contributed by atoms with Crippen molar-refractivity contribution in [2.45, 2.75) is 45.6 Å². The van der Waals surface area contributed by atoms with Crippen molar-refractivity contribution >= 4 is 11.6 Å². The topological polar surface area (TPSA) is 47.6 Å². The molecular weight excluding hydrogens is 326 g/mol. The van der Waals surface area contributed by atoms with Gasteiger partial charge in [0.15, 0.2) is 0 Å². The van der Waals surface area contributed by atoms with Gasteiger partial charge in [0.25, 0.3) is 5.91 Å². The molecule has 4 heteroatoms. The molecule has 2 aromatic rings. The molecule has 1 saturated heterocycles. The van der Waals surface area contributed by atoms with Gasteiger partial charge in [-0.2, -0.15) is 0 Å². The van der Waals surface area contributed by atoms with E-state index in [2.05, 4.69) is 25.2 Å². The second kappa shape index (κ2) is 8.37. The van der Waals surface area contributed by atoms with Gasteiger partial charge in [-0.15, -0.1) is 0 Å². The maximum Gasteiger partial charge on any atom is 0.255 e. The van der Waals surface area contributed by atoms with Crippen LogP contribution in [0.2, 0.25) is 0 Å². The minimum absolute atomic E-state index is 0.105. The molecule has 3 rings (SSSR count). The first-order valence-electron chi connectivity index (χ1n) is 9.30. The molecule has 2 aromatic carbocycles. The quantitative estimate of drug-likeness (QED) is 0.801. The molecule has 0 saturated carbocycles. The Balaban J connectivity index is 1.65. The van der Waals surface area contributed by atoms with E-state index in [1.54, 1.807) is 12.1 Å². The van der Waals surface area contributed by atoms with E-state index in [9.17, 15) is 4.79 Å². The Hall–Kier alpha value is -2.33. The second-order valence-electron chi connectivity index (χ2n) is 7.12. The van der Waals surface area contributed by atoms with Crippen LogP contribution in [0, 0.1) is 6.92 Å². The summed E-state index contributed by atoms with van der Waals surface area (Å²) < 4.78 is 11.3. The van der Waals surface area contributed by atoms with Crippen molar-refractivity contribution in [3.05, 3.63) is 59.2 Å². The fourth-order valence-corrected chi connectivity index (χ4v) is 3.20. The third-order valence-corrected chi connectivity index (χ3v) is 4.74. The van der Waals surface area contributed by atoms with Crippen molar-refractivity contribution in [2.75, 3.05) is 18.5 Å². The third kappa shape index (κ3) is 4.44. The van der Waals surface area contributed by atoms with Crippen LogP contribution >= 0.6 is 0 Å². The smallest absolute Gasteiger partial charge is 0.255 e. The molecule has 4 nitrogen and oxygen atoms in total. The zero-order chi connectivity index (χ0) is 18.5. The van der Waals surface area contributed by atoms with Crippen molar-refractivity contribution in [1.29, 1.82) is 0 Å². The van der Waals surface area contributed by atoms with E-state index in [1.807, 2.05) is 31.2 Å². The Morgan fingerprint density at radius 1 is 1.23 bits per heavy atom. The van der Waals surface area contributed by atoms with E-state index in [-0.39, 0.29) is 12.0 Å². The van der Waals surface area contributed by atoms with E-state index < -0.39 is 0 Å². The molecule has 1 N–H and O–H groups in total. The van der Waals surface area contributed by atoms with Crippen LogP contribution in [0.5, 0.6) is 5.75 Å². The first-order valence-corrected chi connectivity index (χ1v) is 9.30. The molecule has 26 heavy (non-hydrogen) atoms. The van der Waals surface area contributed by atoms with Crippen LogP contribution in [0.25, 0.3) is 0 Å². The number of aryl methyl sites for hydroxylation is 1. The highest BCUT2D eigenvalue weighted by atomic mass is 16.5. The monoisotopic (exact) mass is 353 g/mol. The van der Waals surface area contributed by atoms with Gasteiger partial charge >= 0.3 is 0 Å². The van der Waals surface area contributed by atoms with Crippen LogP contribution in [0.3, 0.4) is 0 Å². The number of nitrogens with one attached hydrogen (secondary N) is 1. The van der Waals surface area contributed by atoms with Gasteiger partial charge in [-0.05, 0) is 61.1 Å². The normalized spacial score (nSPS) is 16.7. The molecule has 0 aliphatic carbocycles. The zero-order valence-corrected chi connectivity index (χ0v) is 15.7. The number of hydrogen-bond donors (Lipinski definition) is 1. The number of rotatable bonds is 6. The van der Waals surface area contributed by atoms with Crippen molar-refractivity contribution in [3.63, 3.8) is 0 Å². The molecule has 0 unspecified atom stereocenters. The van der Waals surface area contributed by atoms with Crippen molar-refractivity contribution in [3.8, 4) is 5.75 Å². The maximum absolute atomic E-state index is 12.6. The van der Waals surface area contributed by atoms with E-state index in [0.717, 1.165) is 42.0 Å². The number of hydrogen-bond acceptors (Lipinski definition) is 3. The lowest BCUT2D eigenvalue weighted by molar-refractivity contribution is 0.0679. The van der Waals surface area contributed by atoms with Crippen LogP contribution in [0.15, 0.2) is 42.5 Å². The number of carbonyl (C=O) groups is 1. The number of ether oxygens (including phenoxy) is 2.